The van der Waals surface area contributed by atoms with Crippen molar-refractivity contribution in [2.45, 2.75) is 20.8 Å². The molecule has 8 heteroatoms. The summed E-state index contributed by atoms with van der Waals surface area (Å²) in [6, 6.07) is 5.40. The predicted octanol–water partition coefficient (Wildman–Crippen LogP) is 3.30. The van der Waals surface area contributed by atoms with Crippen LogP contribution in [0.2, 0.25) is 0 Å². The lowest BCUT2D eigenvalue weighted by Gasteiger charge is -2.13. The number of anilines is 1. The van der Waals surface area contributed by atoms with Gasteiger partial charge in [0.05, 0.1) is 12.7 Å². The number of hydrogen-bond acceptors (Lipinski definition) is 5. The van der Waals surface area contributed by atoms with Crippen LogP contribution in [0, 0.1) is 20.8 Å². The number of ether oxygens (including phenoxy) is 1. The summed E-state index contributed by atoms with van der Waals surface area (Å²) in [5.41, 5.74) is 2.84. The summed E-state index contributed by atoms with van der Waals surface area (Å²) in [5.74, 6) is 0.467. The van der Waals surface area contributed by atoms with Crippen molar-refractivity contribution in [1.29, 1.82) is 0 Å². The number of benzene rings is 1. The summed E-state index contributed by atoms with van der Waals surface area (Å²) in [6.07, 6.45) is 0. The van der Waals surface area contributed by atoms with Gasteiger partial charge in [-0.15, -0.1) is 0 Å². The van der Waals surface area contributed by atoms with Crippen LogP contribution in [0.5, 0.6) is 5.75 Å². The number of aromatic nitrogens is 2. The average Bonchev–Trinajstić information content (AvgIpc) is 2.44. The molecule has 0 aliphatic rings. The Balaban J connectivity index is 2.16. The van der Waals surface area contributed by atoms with E-state index in [2.05, 4.69) is 36.5 Å². The third-order valence-corrected chi connectivity index (χ3v) is 3.78. The zero-order valence-corrected chi connectivity index (χ0v) is 16.1. The van der Waals surface area contributed by atoms with Crippen LogP contribution in [0.25, 0.3) is 0 Å². The highest BCUT2D eigenvalue weighted by Crippen LogP contribution is 2.27. The Morgan fingerprint density at radius 3 is 2.38 bits per heavy atom. The maximum absolute atomic E-state index is 12.5. The molecule has 0 bridgehead atoms. The van der Waals surface area contributed by atoms with E-state index in [0.29, 0.717) is 17.3 Å². The van der Waals surface area contributed by atoms with Gasteiger partial charge in [0.15, 0.2) is 5.11 Å². The molecule has 1 aromatic heterocycles. The zero-order chi connectivity index (χ0) is 17.9. The van der Waals surface area contributed by atoms with Gasteiger partial charge in [0.1, 0.15) is 5.75 Å². The van der Waals surface area contributed by atoms with Gasteiger partial charge in [-0.3, -0.25) is 10.1 Å². The van der Waals surface area contributed by atoms with Crippen LogP contribution in [0.1, 0.15) is 27.3 Å². The molecule has 1 amide bonds. The minimum Gasteiger partial charge on any atom is -0.496 e. The Hall–Kier alpha value is -2.06. The molecule has 0 unspecified atom stereocenters. The summed E-state index contributed by atoms with van der Waals surface area (Å²) in [4.78, 5) is 20.9. The first kappa shape index (κ1) is 18.3. The van der Waals surface area contributed by atoms with Crippen LogP contribution in [0.3, 0.4) is 0 Å². The van der Waals surface area contributed by atoms with Crippen molar-refractivity contribution in [2.75, 3.05) is 12.4 Å². The zero-order valence-electron chi connectivity index (χ0n) is 13.7. The Bertz CT molecular complexity index is 791. The van der Waals surface area contributed by atoms with Gasteiger partial charge in [0.2, 0.25) is 5.95 Å². The molecule has 0 aliphatic heterocycles. The molecule has 2 aromatic rings. The van der Waals surface area contributed by atoms with Crippen molar-refractivity contribution in [3.63, 3.8) is 0 Å². The fraction of sp³-hybridized carbons (Fsp3) is 0.250. The first-order valence-electron chi connectivity index (χ1n) is 7.09. The lowest BCUT2D eigenvalue weighted by atomic mass is 10.1. The van der Waals surface area contributed by atoms with Crippen LogP contribution in [-0.4, -0.2) is 28.1 Å². The Morgan fingerprint density at radius 2 is 1.79 bits per heavy atom. The maximum atomic E-state index is 12.5. The van der Waals surface area contributed by atoms with Crippen molar-refractivity contribution >= 4 is 45.1 Å². The normalized spacial score (nSPS) is 10.2. The van der Waals surface area contributed by atoms with Crippen LogP contribution in [0.15, 0.2) is 22.7 Å². The molecular weight excluding hydrogens is 392 g/mol. The minimum absolute atomic E-state index is 0.115. The second kappa shape index (κ2) is 7.67. The van der Waals surface area contributed by atoms with Crippen molar-refractivity contribution in [3.05, 3.63) is 45.2 Å². The van der Waals surface area contributed by atoms with Crippen LogP contribution in [-0.2, 0) is 0 Å². The molecule has 126 valence electrons. The molecule has 0 aliphatic carbocycles. The molecule has 2 N–H and O–H groups in total. The van der Waals surface area contributed by atoms with E-state index < -0.39 is 0 Å². The number of hydrogen-bond donors (Lipinski definition) is 2. The highest BCUT2D eigenvalue weighted by atomic mass is 79.9. The summed E-state index contributed by atoms with van der Waals surface area (Å²) in [7, 11) is 1.52. The molecule has 0 spiro atoms. The molecule has 0 radical (unpaired) electrons. The van der Waals surface area contributed by atoms with Crippen LogP contribution < -0.4 is 15.4 Å². The van der Waals surface area contributed by atoms with E-state index in [-0.39, 0.29) is 11.0 Å². The first-order valence-corrected chi connectivity index (χ1v) is 8.29. The largest absolute Gasteiger partial charge is 0.496 e. The number of carbonyl (C=O) groups excluding carboxylic acids is 1. The lowest BCUT2D eigenvalue weighted by Crippen LogP contribution is -2.35. The molecule has 0 fully saturated rings. The standard InChI is InChI=1S/C16H17BrN4O2S/c1-8-5-11(17)7-12(13(8)23-4)14(22)20-16(24)21-15-18-9(2)6-10(3)19-15/h5-7H,1-4H3,(H2,18,19,20,21,22,24). The van der Waals surface area contributed by atoms with Crippen molar-refractivity contribution in [3.8, 4) is 5.75 Å². The Labute approximate surface area is 154 Å². The number of methoxy groups -OCH3 is 1. The molecule has 1 heterocycles. The molecule has 0 saturated heterocycles. The van der Waals surface area contributed by atoms with E-state index in [4.69, 9.17) is 17.0 Å². The third-order valence-electron chi connectivity index (χ3n) is 3.12. The average molecular weight is 409 g/mol. The number of nitrogens with zero attached hydrogens (tertiary/aromatic N) is 2. The summed E-state index contributed by atoms with van der Waals surface area (Å²) >= 11 is 8.54. The number of nitrogens with one attached hydrogen (secondary N) is 2. The van der Waals surface area contributed by atoms with Crippen LogP contribution in [0.4, 0.5) is 5.95 Å². The Kier molecular flexibility index (Phi) is 5.84. The predicted molar refractivity (Wildman–Crippen MR) is 101 cm³/mol. The topological polar surface area (TPSA) is 76.1 Å². The molecule has 1 aromatic carbocycles. The van der Waals surface area contributed by atoms with Crippen molar-refractivity contribution < 1.29 is 9.53 Å². The number of amides is 1. The van der Waals surface area contributed by atoms with E-state index >= 15 is 0 Å². The number of rotatable bonds is 3. The van der Waals surface area contributed by atoms with Crippen LogP contribution >= 0.6 is 28.1 Å². The fourth-order valence-electron chi connectivity index (χ4n) is 2.25. The van der Waals surface area contributed by atoms with E-state index in [9.17, 15) is 4.79 Å². The van der Waals surface area contributed by atoms with E-state index in [1.54, 1.807) is 6.07 Å². The van der Waals surface area contributed by atoms with Crippen molar-refractivity contribution in [2.24, 2.45) is 0 Å². The highest BCUT2D eigenvalue weighted by molar-refractivity contribution is 9.10. The molecular formula is C16H17BrN4O2S. The van der Waals surface area contributed by atoms with Gasteiger partial charge < -0.3 is 10.1 Å². The highest BCUT2D eigenvalue weighted by Gasteiger charge is 2.17. The third kappa shape index (κ3) is 4.48. The van der Waals surface area contributed by atoms with Gasteiger partial charge in [-0.2, -0.15) is 0 Å². The monoisotopic (exact) mass is 408 g/mol. The van der Waals surface area contributed by atoms with Gasteiger partial charge in [-0.1, -0.05) is 15.9 Å². The molecule has 6 nitrogen and oxygen atoms in total. The van der Waals surface area contributed by atoms with E-state index in [1.807, 2.05) is 32.9 Å². The second-order valence-corrected chi connectivity index (χ2v) is 6.51. The molecule has 2 rings (SSSR count). The summed E-state index contributed by atoms with van der Waals surface area (Å²) < 4.78 is 6.09. The number of thiocarbonyl (C=S) groups is 1. The lowest BCUT2D eigenvalue weighted by molar-refractivity contribution is 0.0974. The van der Waals surface area contributed by atoms with Gasteiger partial charge >= 0.3 is 0 Å². The second-order valence-electron chi connectivity index (χ2n) is 5.19. The van der Waals surface area contributed by atoms with Gasteiger partial charge in [-0.05, 0) is 56.8 Å². The van der Waals surface area contributed by atoms with Gasteiger partial charge in [0, 0.05) is 15.9 Å². The Morgan fingerprint density at radius 1 is 1.17 bits per heavy atom. The minimum atomic E-state index is -0.377. The van der Waals surface area contributed by atoms with Gasteiger partial charge in [-0.25, -0.2) is 9.97 Å². The first-order chi connectivity index (χ1) is 11.3. The van der Waals surface area contributed by atoms with Crippen molar-refractivity contribution in [1.82, 2.24) is 15.3 Å². The molecule has 0 saturated carbocycles. The van der Waals surface area contributed by atoms with E-state index in [0.717, 1.165) is 21.4 Å². The fourth-order valence-corrected chi connectivity index (χ4v) is 3.01. The SMILES string of the molecule is COc1c(C)cc(Br)cc1C(=O)NC(=S)Nc1nc(C)cc(C)n1. The molecule has 24 heavy (non-hydrogen) atoms. The smallest absolute Gasteiger partial charge is 0.261 e. The number of halogens is 1. The number of carbonyl (C=O) groups is 1. The summed E-state index contributed by atoms with van der Waals surface area (Å²) in [6.45, 7) is 5.58. The summed E-state index contributed by atoms with van der Waals surface area (Å²) in [5, 5.41) is 5.54. The van der Waals surface area contributed by atoms with Gasteiger partial charge in [0.25, 0.3) is 5.91 Å². The maximum Gasteiger partial charge on any atom is 0.261 e. The molecule has 0 atom stereocenters. The van der Waals surface area contributed by atoms with E-state index in [1.165, 1.54) is 7.11 Å². The quantitative estimate of drug-likeness (QED) is 0.758. The number of aryl methyl sites for hydroxylation is 3.